The Morgan fingerprint density at radius 1 is 1.21 bits per heavy atom. The van der Waals surface area contributed by atoms with Crippen LogP contribution in [0.2, 0.25) is 0 Å². The van der Waals surface area contributed by atoms with Crippen LogP contribution in [-0.2, 0) is 13.0 Å². The Hall–Kier alpha value is -0.870. The van der Waals surface area contributed by atoms with E-state index in [0.717, 1.165) is 19.4 Å². The van der Waals surface area contributed by atoms with Crippen molar-refractivity contribution in [2.75, 3.05) is 13.1 Å². The molecule has 4 heteroatoms. The van der Waals surface area contributed by atoms with Gasteiger partial charge in [0.2, 0.25) is 0 Å². The van der Waals surface area contributed by atoms with Crippen LogP contribution in [0.15, 0.2) is 6.20 Å². The summed E-state index contributed by atoms with van der Waals surface area (Å²) < 4.78 is 2.36. The van der Waals surface area contributed by atoms with E-state index in [1.165, 1.54) is 37.4 Å². The number of aliphatic hydroxyl groups is 1. The molecule has 1 atom stereocenters. The number of aliphatic hydroxyl groups excluding tert-OH is 1. The summed E-state index contributed by atoms with van der Waals surface area (Å²) in [6.07, 6.45) is 5.90. The number of hydrogen-bond donors (Lipinski definition) is 1. The minimum atomic E-state index is -0.167. The molecular formula is C15H25N3O. The molecule has 0 aromatic carbocycles. The second kappa shape index (κ2) is 5.25. The Labute approximate surface area is 115 Å². The second-order valence-electron chi connectivity index (χ2n) is 6.31. The number of aromatic nitrogens is 2. The Kier molecular flexibility index (Phi) is 3.63. The SMILES string of the molecule is CC(C)N1CCC(c2ncc3n2CCC(O)C3)CC1. The first-order chi connectivity index (χ1) is 9.15. The number of nitrogens with zero attached hydrogens (tertiary/aromatic N) is 3. The van der Waals surface area contributed by atoms with Crippen molar-refractivity contribution < 1.29 is 5.11 Å². The molecule has 1 unspecified atom stereocenters. The van der Waals surface area contributed by atoms with Crippen LogP contribution < -0.4 is 0 Å². The number of rotatable bonds is 2. The van der Waals surface area contributed by atoms with E-state index in [1.807, 2.05) is 6.20 Å². The number of hydrogen-bond acceptors (Lipinski definition) is 3. The summed E-state index contributed by atoms with van der Waals surface area (Å²) in [5, 5.41) is 9.72. The van der Waals surface area contributed by atoms with Gasteiger partial charge in [0.15, 0.2) is 0 Å². The summed E-state index contributed by atoms with van der Waals surface area (Å²) in [4.78, 5) is 7.22. The zero-order valence-corrected chi connectivity index (χ0v) is 12.0. The molecule has 0 radical (unpaired) electrons. The van der Waals surface area contributed by atoms with Crippen molar-refractivity contribution in [3.8, 4) is 0 Å². The average molecular weight is 263 g/mol. The maximum Gasteiger partial charge on any atom is 0.112 e. The molecule has 2 aliphatic rings. The summed E-state index contributed by atoms with van der Waals surface area (Å²) in [5.74, 6) is 1.88. The summed E-state index contributed by atoms with van der Waals surface area (Å²) >= 11 is 0. The van der Waals surface area contributed by atoms with Gasteiger partial charge >= 0.3 is 0 Å². The van der Waals surface area contributed by atoms with Crippen LogP contribution >= 0.6 is 0 Å². The highest BCUT2D eigenvalue weighted by Gasteiger charge is 2.28. The minimum absolute atomic E-state index is 0.167. The molecule has 0 amide bonds. The third-order valence-corrected chi connectivity index (χ3v) is 4.72. The summed E-state index contributed by atoms with van der Waals surface area (Å²) in [6, 6.07) is 0.658. The number of piperidine rings is 1. The monoisotopic (exact) mass is 263 g/mol. The van der Waals surface area contributed by atoms with Crippen LogP contribution in [0.3, 0.4) is 0 Å². The Bertz CT molecular complexity index is 433. The van der Waals surface area contributed by atoms with Crippen molar-refractivity contribution in [2.45, 2.75) is 64.1 Å². The van der Waals surface area contributed by atoms with Gasteiger partial charge < -0.3 is 14.6 Å². The van der Waals surface area contributed by atoms with Gasteiger partial charge in [-0.1, -0.05) is 0 Å². The maximum atomic E-state index is 9.72. The largest absolute Gasteiger partial charge is 0.393 e. The van der Waals surface area contributed by atoms with E-state index in [-0.39, 0.29) is 6.10 Å². The molecular weight excluding hydrogens is 238 g/mol. The topological polar surface area (TPSA) is 41.3 Å². The summed E-state index contributed by atoms with van der Waals surface area (Å²) in [5.41, 5.74) is 1.22. The normalized spacial score (nSPS) is 25.8. The molecule has 3 heterocycles. The Morgan fingerprint density at radius 3 is 2.63 bits per heavy atom. The van der Waals surface area contributed by atoms with Gasteiger partial charge in [-0.2, -0.15) is 0 Å². The molecule has 19 heavy (non-hydrogen) atoms. The van der Waals surface area contributed by atoms with Crippen molar-refractivity contribution in [1.82, 2.24) is 14.5 Å². The second-order valence-corrected chi connectivity index (χ2v) is 6.31. The lowest BCUT2D eigenvalue weighted by Crippen LogP contribution is -2.38. The maximum absolute atomic E-state index is 9.72. The lowest BCUT2D eigenvalue weighted by Gasteiger charge is -2.35. The molecule has 1 N–H and O–H groups in total. The lowest BCUT2D eigenvalue weighted by molar-refractivity contribution is 0.139. The molecule has 1 fully saturated rings. The zero-order chi connectivity index (χ0) is 13.4. The van der Waals surface area contributed by atoms with Gasteiger partial charge in [-0.05, 0) is 46.2 Å². The highest BCUT2D eigenvalue weighted by molar-refractivity contribution is 5.13. The number of imidazole rings is 1. The molecule has 0 bridgehead atoms. The predicted molar refractivity (Wildman–Crippen MR) is 75.2 cm³/mol. The lowest BCUT2D eigenvalue weighted by atomic mass is 9.94. The quantitative estimate of drug-likeness (QED) is 0.884. The van der Waals surface area contributed by atoms with Crippen LogP contribution in [0.5, 0.6) is 0 Å². The van der Waals surface area contributed by atoms with Crippen molar-refractivity contribution >= 4 is 0 Å². The molecule has 106 valence electrons. The highest BCUT2D eigenvalue weighted by Crippen LogP contribution is 2.30. The van der Waals surface area contributed by atoms with Crippen LogP contribution in [0.4, 0.5) is 0 Å². The van der Waals surface area contributed by atoms with E-state index in [2.05, 4.69) is 28.3 Å². The standard InChI is InChI=1S/C15H25N3O/c1-11(2)17-6-3-12(4-7-17)15-16-10-13-9-14(19)5-8-18(13)15/h10-12,14,19H,3-9H2,1-2H3. The first kappa shape index (κ1) is 13.1. The van der Waals surface area contributed by atoms with Gasteiger partial charge in [0, 0.05) is 36.8 Å². The number of fused-ring (bicyclic) bond motifs is 1. The van der Waals surface area contributed by atoms with Gasteiger partial charge in [0.1, 0.15) is 5.82 Å². The Balaban J connectivity index is 1.71. The third-order valence-electron chi connectivity index (χ3n) is 4.72. The van der Waals surface area contributed by atoms with E-state index in [9.17, 15) is 5.11 Å². The van der Waals surface area contributed by atoms with Crippen LogP contribution in [-0.4, -0.2) is 44.8 Å². The molecule has 1 saturated heterocycles. The van der Waals surface area contributed by atoms with Crippen LogP contribution in [0, 0.1) is 0 Å². The van der Waals surface area contributed by atoms with Crippen molar-refractivity contribution in [3.63, 3.8) is 0 Å². The van der Waals surface area contributed by atoms with Gasteiger partial charge in [-0.25, -0.2) is 4.98 Å². The van der Waals surface area contributed by atoms with E-state index in [4.69, 9.17) is 0 Å². The molecule has 0 saturated carbocycles. The third kappa shape index (κ3) is 2.56. The molecule has 1 aromatic rings. The summed E-state index contributed by atoms with van der Waals surface area (Å²) in [6.45, 7) is 7.87. The molecule has 0 spiro atoms. The van der Waals surface area contributed by atoms with E-state index < -0.39 is 0 Å². The molecule has 0 aliphatic carbocycles. The Morgan fingerprint density at radius 2 is 1.95 bits per heavy atom. The smallest absolute Gasteiger partial charge is 0.112 e. The average Bonchev–Trinajstić information content (AvgIpc) is 2.81. The minimum Gasteiger partial charge on any atom is -0.393 e. The van der Waals surface area contributed by atoms with Gasteiger partial charge in [0.25, 0.3) is 0 Å². The van der Waals surface area contributed by atoms with E-state index in [1.54, 1.807) is 0 Å². The molecule has 2 aliphatic heterocycles. The van der Waals surface area contributed by atoms with E-state index in [0.29, 0.717) is 12.0 Å². The zero-order valence-electron chi connectivity index (χ0n) is 12.0. The fraction of sp³-hybridized carbons (Fsp3) is 0.800. The first-order valence-electron chi connectivity index (χ1n) is 7.61. The highest BCUT2D eigenvalue weighted by atomic mass is 16.3. The predicted octanol–water partition coefficient (Wildman–Crippen LogP) is 1.78. The first-order valence-corrected chi connectivity index (χ1v) is 7.61. The molecule has 3 rings (SSSR count). The van der Waals surface area contributed by atoms with E-state index >= 15 is 0 Å². The number of likely N-dealkylation sites (tertiary alicyclic amines) is 1. The molecule has 1 aromatic heterocycles. The molecule has 4 nitrogen and oxygen atoms in total. The van der Waals surface area contributed by atoms with Crippen molar-refractivity contribution in [3.05, 3.63) is 17.7 Å². The fourth-order valence-electron chi connectivity index (χ4n) is 3.47. The van der Waals surface area contributed by atoms with Crippen LogP contribution in [0.25, 0.3) is 0 Å². The van der Waals surface area contributed by atoms with Crippen molar-refractivity contribution in [2.24, 2.45) is 0 Å². The van der Waals surface area contributed by atoms with Crippen molar-refractivity contribution in [1.29, 1.82) is 0 Å². The van der Waals surface area contributed by atoms with Gasteiger partial charge in [0.05, 0.1) is 6.10 Å². The van der Waals surface area contributed by atoms with Gasteiger partial charge in [-0.3, -0.25) is 0 Å². The fourth-order valence-corrected chi connectivity index (χ4v) is 3.47. The van der Waals surface area contributed by atoms with Crippen LogP contribution in [0.1, 0.15) is 50.5 Å². The summed E-state index contributed by atoms with van der Waals surface area (Å²) in [7, 11) is 0. The van der Waals surface area contributed by atoms with Gasteiger partial charge in [-0.15, -0.1) is 0 Å².